The van der Waals surface area contributed by atoms with Crippen molar-refractivity contribution in [3.63, 3.8) is 0 Å². The van der Waals surface area contributed by atoms with E-state index in [4.69, 9.17) is 4.74 Å². The first-order valence-corrected chi connectivity index (χ1v) is 6.85. The first kappa shape index (κ1) is 14.5. The van der Waals surface area contributed by atoms with Gasteiger partial charge in [-0.05, 0) is 33.6 Å². The van der Waals surface area contributed by atoms with Gasteiger partial charge in [-0.25, -0.2) is 5.43 Å². The predicted octanol–water partition coefficient (Wildman–Crippen LogP) is 1.34. The Balaban J connectivity index is 1.93. The number of nitrogens with zero attached hydrogens (tertiary/aromatic N) is 1. The van der Waals surface area contributed by atoms with Gasteiger partial charge in [0.25, 0.3) is 5.91 Å². The van der Waals surface area contributed by atoms with Crippen molar-refractivity contribution in [3.05, 3.63) is 28.2 Å². The molecule has 0 aromatic heterocycles. The molecule has 0 aliphatic carbocycles. The second-order valence-electron chi connectivity index (χ2n) is 4.25. The molecule has 2 rings (SSSR count). The fourth-order valence-corrected chi connectivity index (χ4v) is 2.33. The fourth-order valence-electron chi connectivity index (χ4n) is 1.74. The van der Waals surface area contributed by atoms with Crippen LogP contribution in [0.5, 0.6) is 5.75 Å². The van der Waals surface area contributed by atoms with Gasteiger partial charge in [0.05, 0.1) is 11.6 Å². The summed E-state index contributed by atoms with van der Waals surface area (Å²) in [5.41, 5.74) is 3.58. The van der Waals surface area contributed by atoms with E-state index in [0.29, 0.717) is 25.1 Å². The molecule has 0 radical (unpaired) electrons. The molecule has 1 aromatic carbocycles. The van der Waals surface area contributed by atoms with Crippen LogP contribution in [0.3, 0.4) is 0 Å². The van der Waals surface area contributed by atoms with E-state index in [1.807, 2.05) is 18.2 Å². The van der Waals surface area contributed by atoms with E-state index in [0.717, 1.165) is 15.8 Å². The lowest BCUT2D eigenvalue weighted by Crippen LogP contribution is -2.36. The van der Waals surface area contributed by atoms with Crippen molar-refractivity contribution in [2.24, 2.45) is 5.10 Å². The molecule has 0 fully saturated rings. The lowest BCUT2D eigenvalue weighted by molar-refractivity contribution is -0.121. The third-order valence-corrected chi connectivity index (χ3v) is 3.46. The number of methoxy groups -OCH3 is 1. The molecule has 2 amide bonds. The maximum absolute atomic E-state index is 11.9. The third-order valence-electron chi connectivity index (χ3n) is 2.84. The molecule has 0 bridgehead atoms. The molecule has 1 aliphatic heterocycles. The summed E-state index contributed by atoms with van der Waals surface area (Å²) in [5, 5.41) is 6.51. The van der Waals surface area contributed by atoms with Gasteiger partial charge in [0.2, 0.25) is 5.91 Å². The largest absolute Gasteiger partial charge is 0.496 e. The van der Waals surface area contributed by atoms with Crippen molar-refractivity contribution < 1.29 is 14.3 Å². The molecule has 20 heavy (non-hydrogen) atoms. The summed E-state index contributed by atoms with van der Waals surface area (Å²) in [6.45, 7) is 0.383. The van der Waals surface area contributed by atoms with Gasteiger partial charge in [-0.15, -0.1) is 0 Å². The van der Waals surface area contributed by atoms with E-state index >= 15 is 0 Å². The van der Waals surface area contributed by atoms with Crippen molar-refractivity contribution in [2.45, 2.75) is 19.4 Å². The molecule has 7 heteroatoms. The molecular formula is C13H14BrN3O3. The molecule has 0 atom stereocenters. The molecule has 1 aromatic rings. The van der Waals surface area contributed by atoms with E-state index in [1.54, 1.807) is 7.11 Å². The summed E-state index contributed by atoms with van der Waals surface area (Å²) in [4.78, 5) is 22.8. The number of carbonyl (C=O) groups is 2. The van der Waals surface area contributed by atoms with Crippen LogP contribution in [0.25, 0.3) is 0 Å². The number of rotatable bonds is 4. The highest BCUT2D eigenvalue weighted by Gasteiger charge is 2.17. The van der Waals surface area contributed by atoms with Gasteiger partial charge in [0.1, 0.15) is 11.5 Å². The highest BCUT2D eigenvalue weighted by Crippen LogP contribution is 2.25. The second kappa shape index (κ2) is 6.51. The molecule has 2 N–H and O–H groups in total. The number of carbonyl (C=O) groups excluding carboxylic acids is 2. The average molecular weight is 340 g/mol. The number of hydrazone groups is 1. The average Bonchev–Trinajstić information content (AvgIpc) is 2.45. The lowest BCUT2D eigenvalue weighted by atomic mass is 10.1. The van der Waals surface area contributed by atoms with Crippen LogP contribution in [0.4, 0.5) is 0 Å². The van der Waals surface area contributed by atoms with Crippen LogP contribution in [0.15, 0.2) is 27.8 Å². The van der Waals surface area contributed by atoms with Crippen molar-refractivity contribution in [1.82, 2.24) is 10.7 Å². The second-order valence-corrected chi connectivity index (χ2v) is 5.10. The summed E-state index contributed by atoms with van der Waals surface area (Å²) in [6, 6.07) is 5.57. The smallest absolute Gasteiger partial charge is 0.267 e. The summed E-state index contributed by atoms with van der Waals surface area (Å²) in [5.74, 6) is 0.303. The minimum atomic E-state index is -0.267. The van der Waals surface area contributed by atoms with Gasteiger partial charge in [-0.1, -0.05) is 6.07 Å². The van der Waals surface area contributed by atoms with Crippen LogP contribution in [0.2, 0.25) is 0 Å². The van der Waals surface area contributed by atoms with Crippen LogP contribution < -0.4 is 15.5 Å². The maximum Gasteiger partial charge on any atom is 0.267 e. The molecule has 1 heterocycles. The monoisotopic (exact) mass is 339 g/mol. The minimum Gasteiger partial charge on any atom is -0.496 e. The Morgan fingerprint density at radius 3 is 2.90 bits per heavy atom. The first-order valence-electron chi connectivity index (χ1n) is 6.06. The normalized spacial score (nSPS) is 14.3. The van der Waals surface area contributed by atoms with E-state index < -0.39 is 0 Å². The van der Waals surface area contributed by atoms with Crippen molar-refractivity contribution >= 4 is 33.5 Å². The van der Waals surface area contributed by atoms with Gasteiger partial charge in [0.15, 0.2) is 0 Å². The molecule has 0 saturated carbocycles. The Labute approximate surface area is 124 Å². The zero-order valence-corrected chi connectivity index (χ0v) is 12.5. The molecule has 0 unspecified atom stereocenters. The van der Waals surface area contributed by atoms with Crippen molar-refractivity contribution in [1.29, 1.82) is 0 Å². The molecule has 0 saturated heterocycles. The van der Waals surface area contributed by atoms with Crippen molar-refractivity contribution in [3.8, 4) is 5.75 Å². The molecule has 6 nitrogen and oxygen atoms in total. The van der Waals surface area contributed by atoms with E-state index in [1.165, 1.54) is 0 Å². The van der Waals surface area contributed by atoms with Crippen LogP contribution >= 0.6 is 15.9 Å². The number of hydrogen-bond donors (Lipinski definition) is 2. The van der Waals surface area contributed by atoms with Crippen LogP contribution in [0.1, 0.15) is 18.4 Å². The highest BCUT2D eigenvalue weighted by atomic mass is 79.9. The summed E-state index contributed by atoms with van der Waals surface area (Å²) < 4.78 is 5.97. The van der Waals surface area contributed by atoms with Gasteiger partial charge >= 0.3 is 0 Å². The van der Waals surface area contributed by atoms with Gasteiger partial charge in [-0.3, -0.25) is 9.59 Å². The number of hydrogen-bond acceptors (Lipinski definition) is 4. The SMILES string of the molecule is COc1ccc(CNC(=O)C2=NNC(=O)CC2)cc1Br. The Morgan fingerprint density at radius 2 is 2.30 bits per heavy atom. The quantitative estimate of drug-likeness (QED) is 0.868. The summed E-state index contributed by atoms with van der Waals surface area (Å²) >= 11 is 3.39. The molecule has 106 valence electrons. The molecule has 1 aliphatic rings. The Morgan fingerprint density at radius 1 is 1.50 bits per heavy atom. The number of nitrogens with one attached hydrogen (secondary N) is 2. The fraction of sp³-hybridized carbons (Fsp3) is 0.308. The topological polar surface area (TPSA) is 79.8 Å². The van der Waals surface area contributed by atoms with Crippen LogP contribution in [0, 0.1) is 0 Å². The molecule has 0 spiro atoms. The zero-order chi connectivity index (χ0) is 14.5. The minimum absolute atomic E-state index is 0.166. The summed E-state index contributed by atoms with van der Waals surface area (Å²) in [6.07, 6.45) is 0.657. The number of ether oxygens (including phenoxy) is 1. The van der Waals surface area contributed by atoms with Crippen molar-refractivity contribution in [2.75, 3.05) is 7.11 Å². The molecular weight excluding hydrogens is 326 g/mol. The number of halogens is 1. The van der Waals surface area contributed by atoms with E-state index in [-0.39, 0.29) is 11.8 Å². The lowest BCUT2D eigenvalue weighted by Gasteiger charge is -2.12. The summed E-state index contributed by atoms with van der Waals surface area (Å²) in [7, 11) is 1.59. The Hall–Kier alpha value is -1.89. The third kappa shape index (κ3) is 3.57. The predicted molar refractivity (Wildman–Crippen MR) is 77.4 cm³/mol. The van der Waals surface area contributed by atoms with Crippen LogP contribution in [-0.2, 0) is 16.1 Å². The Kier molecular flexibility index (Phi) is 4.73. The Bertz CT molecular complexity index is 572. The van der Waals surface area contributed by atoms with E-state index in [2.05, 4.69) is 31.8 Å². The number of amides is 2. The van der Waals surface area contributed by atoms with Gasteiger partial charge in [0, 0.05) is 19.4 Å². The first-order chi connectivity index (χ1) is 9.60. The van der Waals surface area contributed by atoms with Gasteiger partial charge in [-0.2, -0.15) is 5.10 Å². The number of benzene rings is 1. The maximum atomic E-state index is 11.9. The van der Waals surface area contributed by atoms with Crippen LogP contribution in [-0.4, -0.2) is 24.6 Å². The zero-order valence-electron chi connectivity index (χ0n) is 10.9. The van der Waals surface area contributed by atoms with E-state index in [9.17, 15) is 9.59 Å². The highest BCUT2D eigenvalue weighted by molar-refractivity contribution is 9.10. The standard InChI is InChI=1S/C13H14BrN3O3/c1-20-11-4-2-8(6-9(11)14)7-15-13(19)10-3-5-12(18)17-16-10/h2,4,6H,3,5,7H2,1H3,(H,15,19)(H,17,18). The van der Waals surface area contributed by atoms with Gasteiger partial charge < -0.3 is 10.1 Å².